The van der Waals surface area contributed by atoms with Crippen LogP contribution in [0.15, 0.2) is 55.0 Å². The average Bonchev–Trinajstić information content (AvgIpc) is 3.03. The van der Waals surface area contributed by atoms with E-state index in [0.29, 0.717) is 5.69 Å². The third kappa shape index (κ3) is 3.88. The molecule has 0 bridgehead atoms. The molecule has 0 aliphatic rings. The van der Waals surface area contributed by atoms with Crippen molar-refractivity contribution in [3.8, 4) is 22.4 Å². The van der Waals surface area contributed by atoms with Crippen LogP contribution in [0.4, 0.5) is 13.2 Å². The van der Waals surface area contributed by atoms with Crippen molar-refractivity contribution in [3.63, 3.8) is 0 Å². The van der Waals surface area contributed by atoms with E-state index in [2.05, 4.69) is 10.1 Å². The van der Waals surface area contributed by atoms with Crippen molar-refractivity contribution in [1.29, 1.82) is 0 Å². The molecule has 0 amide bonds. The van der Waals surface area contributed by atoms with Crippen molar-refractivity contribution >= 4 is 0 Å². The maximum absolute atomic E-state index is 12.4. The number of nitrogens with zero attached hydrogens (tertiary/aromatic N) is 3. The summed E-state index contributed by atoms with van der Waals surface area (Å²) >= 11 is 0. The standard InChI is InChI=1S/C18H16F3N3O/c1-12-10-22-7-5-15(12)13-3-2-4-14(9-13)16-6-8-24(23-16)11-17(25)18(19,20)21/h2-10,17,25H,11H2,1H3/t17-/m1/s1. The number of alkyl halides is 3. The first-order chi connectivity index (χ1) is 11.8. The molecular formula is C18H16F3N3O. The van der Waals surface area contributed by atoms with Crippen LogP contribution in [0.1, 0.15) is 5.56 Å². The molecule has 0 aliphatic heterocycles. The van der Waals surface area contributed by atoms with E-state index in [1.165, 1.54) is 6.20 Å². The highest BCUT2D eigenvalue weighted by molar-refractivity contribution is 5.72. The molecule has 4 nitrogen and oxygen atoms in total. The van der Waals surface area contributed by atoms with Crippen LogP contribution in [0.3, 0.4) is 0 Å². The van der Waals surface area contributed by atoms with Crippen LogP contribution in [0.2, 0.25) is 0 Å². The SMILES string of the molecule is Cc1cnccc1-c1cccc(-c2ccn(C[C@@H](O)C(F)(F)F)n2)c1. The van der Waals surface area contributed by atoms with E-state index in [4.69, 9.17) is 5.11 Å². The number of benzene rings is 1. The van der Waals surface area contributed by atoms with Crippen molar-refractivity contribution < 1.29 is 18.3 Å². The molecule has 0 saturated heterocycles. The van der Waals surface area contributed by atoms with Crippen molar-refractivity contribution in [2.24, 2.45) is 0 Å². The topological polar surface area (TPSA) is 50.9 Å². The number of halogens is 3. The summed E-state index contributed by atoms with van der Waals surface area (Å²) in [4.78, 5) is 4.07. The van der Waals surface area contributed by atoms with E-state index >= 15 is 0 Å². The van der Waals surface area contributed by atoms with Gasteiger partial charge in [-0.3, -0.25) is 9.67 Å². The van der Waals surface area contributed by atoms with Gasteiger partial charge in [-0.05, 0) is 41.8 Å². The molecule has 0 fully saturated rings. The molecule has 1 N–H and O–H groups in total. The smallest absolute Gasteiger partial charge is 0.382 e. The van der Waals surface area contributed by atoms with Gasteiger partial charge in [0, 0.05) is 24.2 Å². The minimum absolute atomic E-state index is 0.544. The molecule has 2 heterocycles. The second-order valence-electron chi connectivity index (χ2n) is 5.75. The highest BCUT2D eigenvalue weighted by atomic mass is 19.4. The molecular weight excluding hydrogens is 331 g/mol. The van der Waals surface area contributed by atoms with Crippen molar-refractivity contribution in [1.82, 2.24) is 14.8 Å². The predicted molar refractivity (Wildman–Crippen MR) is 87.7 cm³/mol. The molecule has 1 atom stereocenters. The van der Waals surface area contributed by atoms with Crippen LogP contribution < -0.4 is 0 Å². The minimum atomic E-state index is -4.66. The van der Waals surface area contributed by atoms with E-state index in [1.54, 1.807) is 18.5 Å². The Labute approximate surface area is 142 Å². The maximum atomic E-state index is 12.4. The second kappa shape index (κ2) is 6.68. The largest absolute Gasteiger partial charge is 0.416 e. The van der Waals surface area contributed by atoms with Gasteiger partial charge in [0.05, 0.1) is 12.2 Å². The van der Waals surface area contributed by atoms with Crippen molar-refractivity contribution in [2.45, 2.75) is 25.7 Å². The fraction of sp³-hybridized carbons (Fsp3) is 0.222. The van der Waals surface area contributed by atoms with E-state index in [0.717, 1.165) is 26.9 Å². The second-order valence-corrected chi connectivity index (χ2v) is 5.75. The number of aryl methyl sites for hydroxylation is 1. The lowest BCUT2D eigenvalue weighted by Gasteiger charge is -2.14. The van der Waals surface area contributed by atoms with Crippen LogP contribution in [-0.2, 0) is 6.54 Å². The van der Waals surface area contributed by atoms with Crippen LogP contribution in [0, 0.1) is 6.92 Å². The molecule has 25 heavy (non-hydrogen) atoms. The molecule has 130 valence electrons. The number of pyridine rings is 1. The van der Waals surface area contributed by atoms with E-state index in [1.807, 2.05) is 37.3 Å². The molecule has 2 aromatic heterocycles. The monoisotopic (exact) mass is 347 g/mol. The molecule has 7 heteroatoms. The predicted octanol–water partition coefficient (Wildman–Crippen LogP) is 3.84. The Bertz CT molecular complexity index is 874. The summed E-state index contributed by atoms with van der Waals surface area (Å²) in [5, 5.41) is 13.3. The molecule has 3 rings (SSSR count). The lowest BCUT2D eigenvalue weighted by atomic mass is 10.00. The van der Waals surface area contributed by atoms with Gasteiger partial charge in [0.15, 0.2) is 6.10 Å². The average molecular weight is 347 g/mol. The quantitative estimate of drug-likeness (QED) is 0.780. The molecule has 0 aliphatic carbocycles. The summed E-state index contributed by atoms with van der Waals surface area (Å²) in [5.41, 5.74) is 4.36. The van der Waals surface area contributed by atoms with Gasteiger partial charge < -0.3 is 5.11 Å². The van der Waals surface area contributed by atoms with Crippen LogP contribution in [0.25, 0.3) is 22.4 Å². The maximum Gasteiger partial charge on any atom is 0.416 e. The number of rotatable bonds is 4. The highest BCUT2D eigenvalue weighted by Crippen LogP contribution is 2.27. The summed E-state index contributed by atoms with van der Waals surface area (Å²) in [5.74, 6) is 0. The van der Waals surface area contributed by atoms with Gasteiger partial charge in [-0.1, -0.05) is 18.2 Å². The van der Waals surface area contributed by atoms with Gasteiger partial charge in [-0.2, -0.15) is 18.3 Å². The third-order valence-corrected chi connectivity index (χ3v) is 3.87. The Hall–Kier alpha value is -2.67. The van der Waals surface area contributed by atoms with Gasteiger partial charge in [-0.15, -0.1) is 0 Å². The first-order valence-corrected chi connectivity index (χ1v) is 7.64. The number of aromatic nitrogens is 3. The molecule has 0 spiro atoms. The summed E-state index contributed by atoms with van der Waals surface area (Å²) in [6.45, 7) is 1.33. The zero-order valence-corrected chi connectivity index (χ0v) is 13.4. The Morgan fingerprint density at radius 3 is 2.64 bits per heavy atom. The zero-order chi connectivity index (χ0) is 18.0. The van der Waals surface area contributed by atoms with Crippen LogP contribution in [-0.4, -0.2) is 32.2 Å². The van der Waals surface area contributed by atoms with Crippen LogP contribution in [0.5, 0.6) is 0 Å². The summed E-state index contributed by atoms with van der Waals surface area (Å²) in [7, 11) is 0. The number of hydrogen-bond acceptors (Lipinski definition) is 3. The Kier molecular flexibility index (Phi) is 4.59. The summed E-state index contributed by atoms with van der Waals surface area (Å²) in [6, 6.07) is 11.1. The molecule has 0 radical (unpaired) electrons. The molecule has 3 aromatic rings. The highest BCUT2D eigenvalue weighted by Gasteiger charge is 2.38. The van der Waals surface area contributed by atoms with Gasteiger partial charge in [-0.25, -0.2) is 0 Å². The summed E-state index contributed by atoms with van der Waals surface area (Å²) < 4.78 is 38.4. The lowest BCUT2D eigenvalue weighted by Crippen LogP contribution is -2.32. The normalized spacial score (nSPS) is 13.0. The zero-order valence-electron chi connectivity index (χ0n) is 13.4. The van der Waals surface area contributed by atoms with E-state index in [9.17, 15) is 13.2 Å². The molecule has 0 saturated carbocycles. The van der Waals surface area contributed by atoms with E-state index in [-0.39, 0.29) is 0 Å². The molecule has 0 unspecified atom stereocenters. The number of aliphatic hydroxyl groups excluding tert-OH is 1. The van der Waals surface area contributed by atoms with Gasteiger partial charge in [0.2, 0.25) is 0 Å². The van der Waals surface area contributed by atoms with Crippen molar-refractivity contribution in [2.75, 3.05) is 0 Å². The van der Waals surface area contributed by atoms with E-state index < -0.39 is 18.8 Å². The van der Waals surface area contributed by atoms with Crippen LogP contribution >= 0.6 is 0 Å². The lowest BCUT2D eigenvalue weighted by molar-refractivity contribution is -0.208. The van der Waals surface area contributed by atoms with Crippen molar-refractivity contribution in [3.05, 3.63) is 60.6 Å². The number of aliphatic hydroxyl groups is 1. The Balaban J connectivity index is 1.86. The fourth-order valence-corrected chi connectivity index (χ4v) is 2.54. The number of hydrogen-bond donors (Lipinski definition) is 1. The first-order valence-electron chi connectivity index (χ1n) is 7.64. The third-order valence-electron chi connectivity index (χ3n) is 3.87. The Morgan fingerprint density at radius 1 is 1.16 bits per heavy atom. The summed E-state index contributed by atoms with van der Waals surface area (Å²) in [6.07, 6.45) is -2.19. The molecule has 1 aromatic carbocycles. The van der Waals surface area contributed by atoms with Gasteiger partial charge in [0.25, 0.3) is 0 Å². The Morgan fingerprint density at radius 2 is 1.92 bits per heavy atom. The van der Waals surface area contributed by atoms with Gasteiger partial charge >= 0.3 is 6.18 Å². The first kappa shape index (κ1) is 17.2. The fourth-order valence-electron chi connectivity index (χ4n) is 2.54. The van der Waals surface area contributed by atoms with Gasteiger partial charge in [0.1, 0.15) is 0 Å². The minimum Gasteiger partial charge on any atom is -0.382 e.